The second-order valence-electron chi connectivity index (χ2n) is 6.57. The van der Waals surface area contributed by atoms with E-state index in [-0.39, 0.29) is 5.91 Å². The van der Waals surface area contributed by atoms with Gasteiger partial charge in [-0.3, -0.25) is 9.59 Å². The smallest absolute Gasteiger partial charge is 0.271 e. The van der Waals surface area contributed by atoms with E-state index in [4.69, 9.17) is 14.2 Å². The molecule has 3 aromatic rings. The van der Waals surface area contributed by atoms with Crippen molar-refractivity contribution in [1.82, 2.24) is 5.43 Å². The van der Waals surface area contributed by atoms with E-state index in [0.29, 0.717) is 39.6 Å². The van der Waals surface area contributed by atoms with E-state index >= 15 is 0 Å². The lowest BCUT2D eigenvalue weighted by Gasteiger charge is -2.08. The van der Waals surface area contributed by atoms with Crippen molar-refractivity contribution in [3.63, 3.8) is 0 Å². The SMILES string of the molecule is COc1ccc(C(=O)Nc2cccc(C(=O)N/N=C\c3ccc(OC)cc3OC)c2)cc1. The Bertz CT molecular complexity index is 1130. The molecule has 0 unspecified atom stereocenters. The van der Waals surface area contributed by atoms with E-state index in [9.17, 15) is 9.59 Å². The van der Waals surface area contributed by atoms with E-state index in [1.54, 1.807) is 80.9 Å². The first-order valence-electron chi connectivity index (χ1n) is 9.65. The molecule has 8 heteroatoms. The zero-order valence-corrected chi connectivity index (χ0v) is 17.9. The van der Waals surface area contributed by atoms with E-state index in [1.807, 2.05) is 0 Å². The molecule has 0 aliphatic heterocycles. The zero-order chi connectivity index (χ0) is 22.9. The molecule has 0 bridgehead atoms. The van der Waals surface area contributed by atoms with Gasteiger partial charge in [0.2, 0.25) is 0 Å². The number of hydrazone groups is 1. The minimum Gasteiger partial charge on any atom is -0.497 e. The lowest BCUT2D eigenvalue weighted by molar-refractivity contribution is 0.0953. The van der Waals surface area contributed by atoms with Crippen LogP contribution in [0.5, 0.6) is 17.2 Å². The van der Waals surface area contributed by atoms with Crippen LogP contribution in [0.4, 0.5) is 5.69 Å². The molecule has 0 aliphatic carbocycles. The first-order chi connectivity index (χ1) is 15.5. The molecule has 32 heavy (non-hydrogen) atoms. The summed E-state index contributed by atoms with van der Waals surface area (Å²) in [5.41, 5.74) is 4.44. The van der Waals surface area contributed by atoms with Gasteiger partial charge in [-0.05, 0) is 54.6 Å². The van der Waals surface area contributed by atoms with Gasteiger partial charge in [0.25, 0.3) is 11.8 Å². The Hall–Kier alpha value is -4.33. The standard InChI is InChI=1S/C24H23N3O5/c1-30-20-10-7-16(8-11-20)23(28)26-19-6-4-5-17(13-19)24(29)27-25-15-18-9-12-21(31-2)14-22(18)32-3/h4-15H,1-3H3,(H,26,28)(H,27,29)/b25-15-. The Kier molecular flexibility index (Phi) is 7.42. The lowest BCUT2D eigenvalue weighted by Crippen LogP contribution is -2.18. The number of benzene rings is 3. The molecule has 0 aromatic heterocycles. The molecule has 0 radical (unpaired) electrons. The van der Waals surface area contributed by atoms with Crippen molar-refractivity contribution in [2.24, 2.45) is 5.10 Å². The fourth-order valence-corrected chi connectivity index (χ4v) is 2.83. The maximum atomic E-state index is 12.5. The number of anilines is 1. The van der Waals surface area contributed by atoms with Gasteiger partial charge in [-0.15, -0.1) is 0 Å². The van der Waals surface area contributed by atoms with E-state index in [1.165, 1.54) is 13.3 Å². The summed E-state index contributed by atoms with van der Waals surface area (Å²) in [7, 11) is 4.66. The Balaban J connectivity index is 1.65. The van der Waals surface area contributed by atoms with Crippen molar-refractivity contribution in [3.05, 3.63) is 83.4 Å². The number of nitrogens with zero attached hydrogens (tertiary/aromatic N) is 1. The van der Waals surface area contributed by atoms with Crippen molar-refractivity contribution in [2.45, 2.75) is 0 Å². The summed E-state index contributed by atoms with van der Waals surface area (Å²) in [5, 5.41) is 6.76. The molecule has 0 spiro atoms. The predicted octanol–water partition coefficient (Wildman–Crippen LogP) is 3.73. The summed E-state index contributed by atoms with van der Waals surface area (Å²) in [4.78, 5) is 24.9. The Labute approximate surface area is 185 Å². The Morgan fingerprint density at radius 2 is 1.50 bits per heavy atom. The molecule has 0 aliphatic rings. The van der Waals surface area contributed by atoms with E-state index in [2.05, 4.69) is 15.8 Å². The fourth-order valence-electron chi connectivity index (χ4n) is 2.83. The number of amides is 2. The highest BCUT2D eigenvalue weighted by atomic mass is 16.5. The molecule has 0 fully saturated rings. The van der Waals surface area contributed by atoms with Gasteiger partial charge in [-0.1, -0.05) is 6.07 Å². The number of carbonyl (C=O) groups excluding carboxylic acids is 2. The Morgan fingerprint density at radius 1 is 0.781 bits per heavy atom. The summed E-state index contributed by atoms with van der Waals surface area (Å²) < 4.78 is 15.6. The van der Waals surface area contributed by atoms with Crippen LogP contribution < -0.4 is 25.0 Å². The first kappa shape index (κ1) is 22.4. The van der Waals surface area contributed by atoms with Gasteiger partial charge < -0.3 is 19.5 Å². The third-order valence-corrected chi connectivity index (χ3v) is 4.55. The number of ether oxygens (including phenoxy) is 3. The normalized spacial score (nSPS) is 10.5. The highest BCUT2D eigenvalue weighted by molar-refractivity contribution is 6.05. The molecular formula is C24H23N3O5. The predicted molar refractivity (Wildman–Crippen MR) is 122 cm³/mol. The van der Waals surface area contributed by atoms with Crippen molar-refractivity contribution >= 4 is 23.7 Å². The number of hydrogen-bond donors (Lipinski definition) is 2. The fraction of sp³-hybridized carbons (Fsp3) is 0.125. The van der Waals surface area contributed by atoms with Crippen LogP contribution in [-0.4, -0.2) is 39.4 Å². The summed E-state index contributed by atoms with van der Waals surface area (Å²) in [6.07, 6.45) is 1.48. The van der Waals surface area contributed by atoms with E-state index < -0.39 is 5.91 Å². The topological polar surface area (TPSA) is 98.2 Å². The van der Waals surface area contributed by atoms with Crippen LogP contribution in [0, 0.1) is 0 Å². The molecule has 2 amide bonds. The minimum atomic E-state index is -0.422. The van der Waals surface area contributed by atoms with Crippen molar-refractivity contribution < 1.29 is 23.8 Å². The molecule has 0 atom stereocenters. The minimum absolute atomic E-state index is 0.296. The van der Waals surface area contributed by atoms with Crippen LogP contribution in [0.2, 0.25) is 0 Å². The average molecular weight is 433 g/mol. The van der Waals surface area contributed by atoms with Crippen LogP contribution in [0.15, 0.2) is 71.8 Å². The monoisotopic (exact) mass is 433 g/mol. The number of carbonyl (C=O) groups is 2. The van der Waals surface area contributed by atoms with Crippen molar-refractivity contribution in [3.8, 4) is 17.2 Å². The van der Waals surface area contributed by atoms with Crippen molar-refractivity contribution in [2.75, 3.05) is 26.6 Å². The molecule has 2 N–H and O–H groups in total. The molecule has 0 saturated heterocycles. The van der Waals surface area contributed by atoms with Gasteiger partial charge in [0.15, 0.2) is 0 Å². The van der Waals surface area contributed by atoms with E-state index in [0.717, 1.165) is 0 Å². The summed E-state index contributed by atoms with van der Waals surface area (Å²) in [6, 6.07) is 18.5. The first-order valence-corrected chi connectivity index (χ1v) is 9.65. The highest BCUT2D eigenvalue weighted by Gasteiger charge is 2.10. The van der Waals surface area contributed by atoms with Crippen LogP contribution >= 0.6 is 0 Å². The number of rotatable bonds is 8. The third-order valence-electron chi connectivity index (χ3n) is 4.55. The van der Waals surface area contributed by atoms with Crippen LogP contribution in [-0.2, 0) is 0 Å². The molecule has 3 aromatic carbocycles. The molecule has 0 saturated carbocycles. The van der Waals surface area contributed by atoms with Crippen LogP contribution in [0.25, 0.3) is 0 Å². The van der Waals surface area contributed by atoms with Gasteiger partial charge in [0.05, 0.1) is 27.5 Å². The van der Waals surface area contributed by atoms with Crippen LogP contribution in [0.1, 0.15) is 26.3 Å². The molecule has 8 nitrogen and oxygen atoms in total. The second-order valence-corrected chi connectivity index (χ2v) is 6.57. The van der Waals surface area contributed by atoms with Gasteiger partial charge >= 0.3 is 0 Å². The molecule has 164 valence electrons. The quantitative estimate of drug-likeness (QED) is 0.417. The van der Waals surface area contributed by atoms with Gasteiger partial charge in [0, 0.05) is 28.4 Å². The molecular weight excluding hydrogens is 410 g/mol. The second kappa shape index (κ2) is 10.6. The van der Waals surface area contributed by atoms with Gasteiger partial charge in [-0.25, -0.2) is 5.43 Å². The van der Waals surface area contributed by atoms with Gasteiger partial charge in [-0.2, -0.15) is 5.10 Å². The zero-order valence-electron chi connectivity index (χ0n) is 17.9. The molecule has 3 rings (SSSR count). The van der Waals surface area contributed by atoms with Crippen molar-refractivity contribution in [1.29, 1.82) is 0 Å². The number of methoxy groups -OCH3 is 3. The molecule has 0 heterocycles. The van der Waals surface area contributed by atoms with Crippen LogP contribution in [0.3, 0.4) is 0 Å². The number of nitrogens with one attached hydrogen (secondary N) is 2. The summed E-state index contributed by atoms with van der Waals surface area (Å²) >= 11 is 0. The third kappa shape index (κ3) is 5.63. The summed E-state index contributed by atoms with van der Waals surface area (Å²) in [6.45, 7) is 0. The maximum Gasteiger partial charge on any atom is 0.271 e. The average Bonchev–Trinajstić information content (AvgIpc) is 2.84. The highest BCUT2D eigenvalue weighted by Crippen LogP contribution is 2.23. The number of hydrogen-bond acceptors (Lipinski definition) is 6. The Morgan fingerprint density at radius 3 is 2.19 bits per heavy atom. The lowest BCUT2D eigenvalue weighted by atomic mass is 10.1. The maximum absolute atomic E-state index is 12.5. The van der Waals surface area contributed by atoms with Gasteiger partial charge in [0.1, 0.15) is 17.2 Å². The largest absolute Gasteiger partial charge is 0.497 e. The summed E-state index contributed by atoms with van der Waals surface area (Å²) in [5.74, 6) is 1.15.